The number of amides is 2. The molecule has 2 amide bonds. The van der Waals surface area contributed by atoms with Gasteiger partial charge in [-0.25, -0.2) is 0 Å². The highest BCUT2D eigenvalue weighted by molar-refractivity contribution is 5.85. The van der Waals surface area contributed by atoms with E-state index in [1.54, 1.807) is 0 Å². The van der Waals surface area contributed by atoms with Gasteiger partial charge in [0.2, 0.25) is 11.8 Å². The van der Waals surface area contributed by atoms with Crippen LogP contribution >= 0.6 is 24.8 Å². The van der Waals surface area contributed by atoms with Gasteiger partial charge in [0, 0.05) is 50.8 Å². The number of likely N-dealkylation sites (tertiary alicyclic amines) is 1. The van der Waals surface area contributed by atoms with Crippen LogP contribution in [0.5, 0.6) is 0 Å². The second-order valence-electron chi connectivity index (χ2n) is 7.40. The molecule has 0 aromatic carbocycles. The van der Waals surface area contributed by atoms with Crippen LogP contribution in [-0.2, 0) is 23.1 Å². The van der Waals surface area contributed by atoms with Crippen LogP contribution in [0.4, 0.5) is 0 Å². The molecule has 2 heterocycles. The Balaban J connectivity index is 0.00000364. The minimum atomic E-state index is -0.100. The fourth-order valence-corrected chi connectivity index (χ4v) is 3.74. The van der Waals surface area contributed by atoms with Gasteiger partial charge in [-0.3, -0.25) is 14.3 Å². The standard InChI is InChI=1S/C19H33N5O2.2ClH/c1-13(11-17-14(2)22-23(4)15(17)3)19(26)24-10-6-5-7-16(24)12-21-18(25)8-9-20;;/h13,16H,5-12,20H2,1-4H3,(H,21,25);2*1H. The molecule has 0 saturated carbocycles. The van der Waals surface area contributed by atoms with Gasteiger partial charge in [-0.2, -0.15) is 5.10 Å². The normalized spacial score (nSPS) is 17.3. The Bertz CT molecular complexity index is 651. The predicted molar refractivity (Wildman–Crippen MR) is 116 cm³/mol. The molecule has 1 aliphatic rings. The number of aryl methyl sites for hydroxylation is 2. The lowest BCUT2D eigenvalue weighted by Crippen LogP contribution is -2.51. The van der Waals surface area contributed by atoms with Crippen molar-refractivity contribution in [3.05, 3.63) is 17.0 Å². The molecule has 1 aliphatic heterocycles. The highest BCUT2D eigenvalue weighted by Gasteiger charge is 2.30. The molecule has 2 unspecified atom stereocenters. The fraction of sp³-hybridized carbons (Fsp3) is 0.737. The summed E-state index contributed by atoms with van der Waals surface area (Å²) in [6.07, 6.45) is 4.09. The van der Waals surface area contributed by atoms with E-state index < -0.39 is 0 Å². The van der Waals surface area contributed by atoms with Crippen LogP contribution in [0.3, 0.4) is 0 Å². The van der Waals surface area contributed by atoms with Crippen molar-refractivity contribution in [1.82, 2.24) is 20.0 Å². The van der Waals surface area contributed by atoms with Gasteiger partial charge < -0.3 is 16.0 Å². The third kappa shape index (κ3) is 6.64. The maximum Gasteiger partial charge on any atom is 0.226 e. The Morgan fingerprint density at radius 2 is 1.96 bits per heavy atom. The number of piperidine rings is 1. The SMILES string of the molecule is Cc1nn(C)c(C)c1CC(C)C(=O)N1CCCCC1CNC(=O)CCN.Cl.Cl. The number of nitrogens with two attached hydrogens (primary N) is 1. The van der Waals surface area contributed by atoms with Crippen molar-refractivity contribution in [3.8, 4) is 0 Å². The first kappa shape index (κ1) is 26.7. The number of rotatable bonds is 7. The molecule has 2 atom stereocenters. The summed E-state index contributed by atoms with van der Waals surface area (Å²) in [5.41, 5.74) is 8.70. The Kier molecular flexibility index (Phi) is 11.7. The second kappa shape index (κ2) is 12.3. The summed E-state index contributed by atoms with van der Waals surface area (Å²) >= 11 is 0. The van der Waals surface area contributed by atoms with Gasteiger partial charge >= 0.3 is 0 Å². The van der Waals surface area contributed by atoms with Gasteiger partial charge in [-0.05, 0) is 45.1 Å². The predicted octanol–water partition coefficient (Wildman–Crippen LogP) is 1.91. The van der Waals surface area contributed by atoms with Crippen LogP contribution in [0.25, 0.3) is 0 Å². The van der Waals surface area contributed by atoms with Gasteiger partial charge in [0.05, 0.1) is 5.69 Å². The summed E-state index contributed by atoms with van der Waals surface area (Å²) < 4.78 is 1.87. The minimum absolute atomic E-state index is 0. The second-order valence-corrected chi connectivity index (χ2v) is 7.40. The van der Waals surface area contributed by atoms with E-state index in [0.29, 0.717) is 25.9 Å². The Morgan fingerprint density at radius 3 is 2.54 bits per heavy atom. The maximum absolute atomic E-state index is 13.1. The average molecular weight is 436 g/mol. The number of hydrogen-bond donors (Lipinski definition) is 2. The molecule has 1 saturated heterocycles. The monoisotopic (exact) mass is 435 g/mol. The Labute approximate surface area is 180 Å². The summed E-state index contributed by atoms with van der Waals surface area (Å²) in [6, 6.07) is 0.0801. The van der Waals surface area contributed by atoms with Crippen molar-refractivity contribution in [2.24, 2.45) is 18.7 Å². The molecule has 3 N–H and O–H groups in total. The molecule has 1 fully saturated rings. The molecule has 0 bridgehead atoms. The molecule has 0 aliphatic carbocycles. The Hall–Kier alpha value is -1.31. The first-order chi connectivity index (χ1) is 12.3. The molecule has 0 spiro atoms. The van der Waals surface area contributed by atoms with Crippen LogP contribution in [0.1, 0.15) is 49.6 Å². The number of halogens is 2. The van der Waals surface area contributed by atoms with E-state index in [2.05, 4.69) is 10.4 Å². The van der Waals surface area contributed by atoms with Crippen molar-refractivity contribution < 1.29 is 9.59 Å². The molecule has 9 heteroatoms. The van der Waals surface area contributed by atoms with Gasteiger partial charge in [0.1, 0.15) is 0 Å². The summed E-state index contributed by atoms with van der Waals surface area (Å²) in [5, 5.41) is 7.37. The van der Waals surface area contributed by atoms with Crippen molar-refractivity contribution in [1.29, 1.82) is 0 Å². The van der Waals surface area contributed by atoms with Crippen LogP contribution in [-0.4, -0.2) is 52.2 Å². The minimum Gasteiger partial charge on any atom is -0.354 e. The first-order valence-electron chi connectivity index (χ1n) is 9.61. The molecule has 1 aromatic rings. The quantitative estimate of drug-likeness (QED) is 0.683. The van der Waals surface area contributed by atoms with E-state index >= 15 is 0 Å². The van der Waals surface area contributed by atoms with E-state index in [1.165, 1.54) is 0 Å². The van der Waals surface area contributed by atoms with Crippen molar-refractivity contribution in [3.63, 3.8) is 0 Å². The number of nitrogens with zero attached hydrogens (tertiary/aromatic N) is 3. The third-order valence-corrected chi connectivity index (χ3v) is 5.41. The summed E-state index contributed by atoms with van der Waals surface area (Å²) in [6.45, 7) is 7.67. The van der Waals surface area contributed by atoms with Crippen molar-refractivity contribution in [2.75, 3.05) is 19.6 Å². The molecular formula is C19H35Cl2N5O2. The van der Waals surface area contributed by atoms with E-state index in [1.807, 2.05) is 37.4 Å². The summed E-state index contributed by atoms with van der Waals surface area (Å²) in [7, 11) is 1.93. The number of hydrogen-bond acceptors (Lipinski definition) is 4. The lowest BCUT2D eigenvalue weighted by molar-refractivity contribution is -0.139. The highest BCUT2D eigenvalue weighted by Crippen LogP contribution is 2.23. The van der Waals surface area contributed by atoms with Gasteiger partial charge in [-0.15, -0.1) is 24.8 Å². The third-order valence-electron chi connectivity index (χ3n) is 5.41. The molecule has 2 rings (SSSR count). The number of carbonyl (C=O) groups is 2. The molecule has 0 radical (unpaired) electrons. The maximum atomic E-state index is 13.1. The van der Waals surface area contributed by atoms with Crippen LogP contribution in [0.15, 0.2) is 0 Å². The molecule has 7 nitrogen and oxygen atoms in total. The largest absolute Gasteiger partial charge is 0.354 e. The Morgan fingerprint density at radius 1 is 1.29 bits per heavy atom. The fourth-order valence-electron chi connectivity index (χ4n) is 3.74. The van der Waals surface area contributed by atoms with E-state index in [0.717, 1.165) is 42.8 Å². The topological polar surface area (TPSA) is 93.2 Å². The van der Waals surface area contributed by atoms with Crippen LogP contribution in [0, 0.1) is 19.8 Å². The van der Waals surface area contributed by atoms with E-state index in [-0.39, 0.29) is 48.6 Å². The summed E-state index contributed by atoms with van der Waals surface area (Å²) in [5.74, 6) is 0.0301. The molecule has 28 heavy (non-hydrogen) atoms. The zero-order valence-electron chi connectivity index (χ0n) is 17.4. The van der Waals surface area contributed by atoms with E-state index in [9.17, 15) is 9.59 Å². The lowest BCUT2D eigenvalue weighted by atomic mass is 9.95. The smallest absolute Gasteiger partial charge is 0.226 e. The van der Waals surface area contributed by atoms with Gasteiger partial charge in [-0.1, -0.05) is 6.92 Å². The van der Waals surface area contributed by atoms with Gasteiger partial charge in [0.15, 0.2) is 0 Å². The van der Waals surface area contributed by atoms with E-state index in [4.69, 9.17) is 5.73 Å². The number of carbonyl (C=O) groups excluding carboxylic acids is 2. The zero-order valence-corrected chi connectivity index (χ0v) is 19.0. The van der Waals surface area contributed by atoms with Crippen LogP contribution in [0.2, 0.25) is 0 Å². The lowest BCUT2D eigenvalue weighted by Gasteiger charge is -2.37. The van der Waals surface area contributed by atoms with Gasteiger partial charge in [0.25, 0.3) is 0 Å². The molecule has 162 valence electrons. The first-order valence-corrected chi connectivity index (χ1v) is 9.61. The number of aromatic nitrogens is 2. The van der Waals surface area contributed by atoms with Crippen molar-refractivity contribution in [2.45, 2.75) is 58.9 Å². The zero-order chi connectivity index (χ0) is 19.3. The van der Waals surface area contributed by atoms with Crippen molar-refractivity contribution >= 4 is 36.6 Å². The summed E-state index contributed by atoms with van der Waals surface area (Å²) in [4.78, 5) is 26.8. The van der Waals surface area contributed by atoms with Crippen LogP contribution < -0.4 is 11.1 Å². The highest BCUT2D eigenvalue weighted by atomic mass is 35.5. The number of nitrogens with one attached hydrogen (secondary N) is 1. The molecule has 1 aromatic heterocycles. The average Bonchev–Trinajstić information content (AvgIpc) is 2.86. The molecular weight excluding hydrogens is 401 g/mol.